The van der Waals surface area contributed by atoms with Crippen LogP contribution in [0.2, 0.25) is 0 Å². The average Bonchev–Trinajstić information content (AvgIpc) is 1.57. The average molecular weight is 142 g/mol. The van der Waals surface area contributed by atoms with E-state index in [9.17, 15) is 0 Å². The van der Waals surface area contributed by atoms with Crippen LogP contribution in [0.5, 0.6) is 0 Å². The Bertz CT molecular complexity index is 109. The predicted molar refractivity (Wildman–Crippen MR) is 43.6 cm³/mol. The molecule has 0 atom stereocenters. The number of hydrogen-bond acceptors (Lipinski definition) is 2. The molecular weight excluding hydrogens is 124 g/mol. The summed E-state index contributed by atoms with van der Waals surface area (Å²) in [5, 5.41) is 2.25. The highest BCUT2D eigenvalue weighted by molar-refractivity contribution is 4.85. The summed E-state index contributed by atoms with van der Waals surface area (Å²) < 4.78 is 0. The van der Waals surface area contributed by atoms with Gasteiger partial charge in [0.25, 0.3) is 0 Å². The predicted octanol–water partition coefficient (Wildman–Crippen LogP) is 1.10. The van der Waals surface area contributed by atoms with Crippen LogP contribution in [0, 0.1) is 11.3 Å². The molecule has 0 unspecified atom stereocenters. The third-order valence-corrected chi connectivity index (χ3v) is 2.42. The van der Waals surface area contributed by atoms with Crippen molar-refractivity contribution in [3.63, 3.8) is 0 Å². The first-order valence-corrected chi connectivity index (χ1v) is 3.96. The second-order valence-corrected chi connectivity index (χ2v) is 4.19. The normalized spacial score (nSPS) is 22.8. The number of rotatable bonds is 1. The highest BCUT2D eigenvalue weighted by Gasteiger charge is 2.34. The van der Waals surface area contributed by atoms with Gasteiger partial charge in [0.1, 0.15) is 0 Å². The SMILES string of the molecule is CNN1CC(C(C)(C)C)C1. The molecule has 1 aliphatic rings. The van der Waals surface area contributed by atoms with Crippen LogP contribution in [0.1, 0.15) is 20.8 Å². The van der Waals surface area contributed by atoms with Gasteiger partial charge in [0.15, 0.2) is 0 Å². The van der Waals surface area contributed by atoms with E-state index in [0.29, 0.717) is 5.41 Å². The van der Waals surface area contributed by atoms with E-state index < -0.39 is 0 Å². The van der Waals surface area contributed by atoms with Crippen LogP contribution < -0.4 is 5.43 Å². The van der Waals surface area contributed by atoms with Crippen molar-refractivity contribution >= 4 is 0 Å². The highest BCUT2D eigenvalue weighted by Crippen LogP contribution is 2.32. The molecule has 0 aromatic carbocycles. The van der Waals surface area contributed by atoms with Crippen LogP contribution in [-0.2, 0) is 0 Å². The maximum atomic E-state index is 3.14. The zero-order valence-corrected chi connectivity index (χ0v) is 7.44. The Kier molecular flexibility index (Phi) is 2.02. The molecule has 1 aliphatic heterocycles. The maximum Gasteiger partial charge on any atom is 0.0177 e. The summed E-state index contributed by atoms with van der Waals surface area (Å²) in [6, 6.07) is 0. The molecule has 1 fully saturated rings. The molecule has 0 aromatic heterocycles. The highest BCUT2D eigenvalue weighted by atomic mass is 15.5. The smallest absolute Gasteiger partial charge is 0.0177 e. The summed E-state index contributed by atoms with van der Waals surface area (Å²) in [4.78, 5) is 0. The van der Waals surface area contributed by atoms with Gasteiger partial charge in [0, 0.05) is 13.1 Å². The largest absolute Gasteiger partial charge is 0.258 e. The summed E-state index contributed by atoms with van der Waals surface area (Å²) in [6.45, 7) is 9.35. The molecule has 2 nitrogen and oxygen atoms in total. The van der Waals surface area contributed by atoms with Gasteiger partial charge in [-0.15, -0.1) is 0 Å². The fraction of sp³-hybridized carbons (Fsp3) is 1.00. The van der Waals surface area contributed by atoms with Crippen molar-refractivity contribution in [3.8, 4) is 0 Å². The Labute approximate surface area is 63.6 Å². The third-order valence-electron chi connectivity index (χ3n) is 2.42. The fourth-order valence-corrected chi connectivity index (χ4v) is 1.21. The summed E-state index contributed by atoms with van der Waals surface area (Å²) in [6.07, 6.45) is 0. The molecule has 0 aromatic rings. The minimum atomic E-state index is 0.493. The van der Waals surface area contributed by atoms with E-state index in [1.165, 1.54) is 13.1 Å². The van der Waals surface area contributed by atoms with Crippen molar-refractivity contribution in [2.45, 2.75) is 20.8 Å². The minimum Gasteiger partial charge on any atom is -0.258 e. The van der Waals surface area contributed by atoms with Crippen molar-refractivity contribution in [1.29, 1.82) is 0 Å². The molecule has 2 heteroatoms. The van der Waals surface area contributed by atoms with Crippen molar-refractivity contribution in [1.82, 2.24) is 10.4 Å². The molecule has 0 saturated carbocycles. The Morgan fingerprint density at radius 1 is 1.30 bits per heavy atom. The van der Waals surface area contributed by atoms with E-state index in [-0.39, 0.29) is 0 Å². The van der Waals surface area contributed by atoms with Gasteiger partial charge < -0.3 is 0 Å². The Morgan fingerprint density at radius 3 is 2.10 bits per heavy atom. The van der Waals surface area contributed by atoms with Gasteiger partial charge in [0.2, 0.25) is 0 Å². The molecule has 60 valence electrons. The molecule has 10 heavy (non-hydrogen) atoms. The third kappa shape index (κ3) is 1.50. The summed E-state index contributed by atoms with van der Waals surface area (Å²) in [5.74, 6) is 0.875. The molecule has 1 saturated heterocycles. The molecule has 0 spiro atoms. The van der Waals surface area contributed by atoms with Crippen LogP contribution in [0.25, 0.3) is 0 Å². The van der Waals surface area contributed by atoms with Crippen molar-refractivity contribution in [2.24, 2.45) is 11.3 Å². The van der Waals surface area contributed by atoms with Crippen LogP contribution >= 0.6 is 0 Å². The number of hydrogen-bond donors (Lipinski definition) is 1. The first-order chi connectivity index (χ1) is 4.54. The molecule has 0 bridgehead atoms. The Morgan fingerprint density at radius 2 is 1.80 bits per heavy atom. The molecule has 0 amide bonds. The van der Waals surface area contributed by atoms with E-state index in [0.717, 1.165) is 5.92 Å². The van der Waals surface area contributed by atoms with Gasteiger partial charge >= 0.3 is 0 Å². The van der Waals surface area contributed by atoms with Gasteiger partial charge in [-0.1, -0.05) is 20.8 Å². The van der Waals surface area contributed by atoms with Crippen molar-refractivity contribution < 1.29 is 0 Å². The second kappa shape index (κ2) is 2.51. The van der Waals surface area contributed by atoms with Crippen LogP contribution in [0.4, 0.5) is 0 Å². The number of nitrogens with zero attached hydrogens (tertiary/aromatic N) is 1. The van der Waals surface area contributed by atoms with E-state index >= 15 is 0 Å². The number of nitrogens with one attached hydrogen (secondary N) is 1. The lowest BCUT2D eigenvalue weighted by Gasteiger charge is -2.45. The van der Waals surface area contributed by atoms with E-state index in [4.69, 9.17) is 0 Å². The monoisotopic (exact) mass is 142 g/mol. The first kappa shape index (κ1) is 8.02. The van der Waals surface area contributed by atoms with Crippen LogP contribution in [-0.4, -0.2) is 25.1 Å². The van der Waals surface area contributed by atoms with Crippen LogP contribution in [0.15, 0.2) is 0 Å². The van der Waals surface area contributed by atoms with Crippen molar-refractivity contribution in [3.05, 3.63) is 0 Å². The molecule has 1 rings (SSSR count). The van der Waals surface area contributed by atoms with Crippen molar-refractivity contribution in [2.75, 3.05) is 20.1 Å². The zero-order chi connectivity index (χ0) is 7.78. The lowest BCUT2D eigenvalue weighted by Crippen LogP contribution is -2.56. The minimum absolute atomic E-state index is 0.493. The van der Waals surface area contributed by atoms with Gasteiger partial charge in [-0.05, 0) is 18.4 Å². The molecule has 1 heterocycles. The second-order valence-electron chi connectivity index (χ2n) is 4.19. The quantitative estimate of drug-likeness (QED) is 0.590. The topological polar surface area (TPSA) is 15.3 Å². The summed E-state index contributed by atoms with van der Waals surface area (Å²) >= 11 is 0. The molecule has 0 aliphatic carbocycles. The molecule has 1 N–H and O–H groups in total. The lowest BCUT2D eigenvalue weighted by molar-refractivity contribution is -0.00698. The lowest BCUT2D eigenvalue weighted by atomic mass is 9.77. The Balaban J connectivity index is 2.26. The van der Waals surface area contributed by atoms with Gasteiger partial charge in [-0.2, -0.15) is 0 Å². The van der Waals surface area contributed by atoms with Gasteiger partial charge in [-0.3, -0.25) is 5.43 Å². The van der Waals surface area contributed by atoms with Gasteiger partial charge in [-0.25, -0.2) is 5.01 Å². The van der Waals surface area contributed by atoms with Crippen LogP contribution in [0.3, 0.4) is 0 Å². The van der Waals surface area contributed by atoms with E-state index in [1.54, 1.807) is 0 Å². The summed E-state index contributed by atoms with van der Waals surface area (Å²) in [5.41, 5.74) is 3.63. The maximum absolute atomic E-state index is 3.14. The molecular formula is C8H18N2. The van der Waals surface area contributed by atoms with E-state index in [1.807, 2.05) is 7.05 Å². The fourth-order valence-electron chi connectivity index (χ4n) is 1.21. The molecule has 0 radical (unpaired) electrons. The van der Waals surface area contributed by atoms with E-state index in [2.05, 4.69) is 31.2 Å². The first-order valence-electron chi connectivity index (χ1n) is 3.96. The Hall–Kier alpha value is -0.0800. The zero-order valence-electron chi connectivity index (χ0n) is 7.44. The van der Waals surface area contributed by atoms with Gasteiger partial charge in [0.05, 0.1) is 0 Å². The standard InChI is InChI=1S/C8H18N2/c1-8(2,3)7-5-10(6-7)9-4/h7,9H,5-6H2,1-4H3. The summed E-state index contributed by atoms with van der Waals surface area (Å²) in [7, 11) is 1.98. The number of hydrazine groups is 1.